The number of rotatable bonds is 13. The molecule has 0 saturated heterocycles. The average molecular weight is 369 g/mol. The molecule has 26 heavy (non-hydrogen) atoms. The molecule has 3 amide bonds. The standard InChI is InChI=1S/C17H27N3O6/c1-7-15(21)18(24-4)12-10-14(20(26-6)17(23)9-3)11-13-19(25-5)16(22)8-2/h7-9,14H,1-3,10-13H2,4-6H3. The van der Waals surface area contributed by atoms with E-state index in [1.807, 2.05) is 0 Å². The van der Waals surface area contributed by atoms with Crippen molar-refractivity contribution in [3.05, 3.63) is 38.0 Å². The second-order valence-corrected chi connectivity index (χ2v) is 4.94. The van der Waals surface area contributed by atoms with Crippen molar-refractivity contribution in [2.45, 2.75) is 18.9 Å². The number of hydrogen-bond donors (Lipinski definition) is 0. The fourth-order valence-electron chi connectivity index (χ4n) is 2.21. The van der Waals surface area contributed by atoms with Gasteiger partial charge in [0.25, 0.3) is 17.7 Å². The lowest BCUT2D eigenvalue weighted by molar-refractivity contribution is -0.194. The largest absolute Gasteiger partial charge is 0.274 e. The first kappa shape index (κ1) is 23.5. The molecule has 0 radical (unpaired) electrons. The molecule has 0 heterocycles. The summed E-state index contributed by atoms with van der Waals surface area (Å²) >= 11 is 0. The molecule has 0 bridgehead atoms. The predicted molar refractivity (Wildman–Crippen MR) is 94.9 cm³/mol. The molecule has 0 aromatic heterocycles. The minimum atomic E-state index is -0.476. The number of hydroxylamine groups is 6. The molecule has 0 saturated carbocycles. The Hall–Kier alpha value is -2.49. The van der Waals surface area contributed by atoms with E-state index in [0.29, 0.717) is 12.8 Å². The van der Waals surface area contributed by atoms with Crippen molar-refractivity contribution in [1.29, 1.82) is 0 Å². The zero-order chi connectivity index (χ0) is 20.1. The van der Waals surface area contributed by atoms with Crippen LogP contribution in [0.5, 0.6) is 0 Å². The predicted octanol–water partition coefficient (Wildman–Crippen LogP) is 0.863. The van der Waals surface area contributed by atoms with Gasteiger partial charge in [-0.25, -0.2) is 15.2 Å². The number of hydrogen-bond acceptors (Lipinski definition) is 6. The van der Waals surface area contributed by atoms with Crippen LogP contribution in [0.4, 0.5) is 0 Å². The van der Waals surface area contributed by atoms with Gasteiger partial charge in [0.05, 0.1) is 40.5 Å². The quantitative estimate of drug-likeness (QED) is 0.353. The van der Waals surface area contributed by atoms with Crippen molar-refractivity contribution in [2.24, 2.45) is 0 Å². The minimum Gasteiger partial charge on any atom is -0.274 e. The van der Waals surface area contributed by atoms with E-state index < -0.39 is 23.8 Å². The van der Waals surface area contributed by atoms with E-state index in [-0.39, 0.29) is 13.1 Å². The normalized spacial score (nSPS) is 10.2. The number of carbonyl (C=O) groups excluding carboxylic acids is 3. The first-order valence-corrected chi connectivity index (χ1v) is 7.85. The van der Waals surface area contributed by atoms with Gasteiger partial charge in [0.1, 0.15) is 0 Å². The molecule has 0 aromatic rings. The van der Waals surface area contributed by atoms with Crippen LogP contribution in [0, 0.1) is 0 Å². The summed E-state index contributed by atoms with van der Waals surface area (Å²) in [5.41, 5.74) is 0. The molecule has 0 aromatic carbocycles. The zero-order valence-corrected chi connectivity index (χ0v) is 15.6. The van der Waals surface area contributed by atoms with Crippen molar-refractivity contribution in [1.82, 2.24) is 15.2 Å². The van der Waals surface area contributed by atoms with E-state index in [0.717, 1.165) is 33.4 Å². The maximum atomic E-state index is 12.0. The Labute approximate surface area is 153 Å². The molecule has 9 heteroatoms. The third kappa shape index (κ3) is 7.18. The van der Waals surface area contributed by atoms with Gasteiger partial charge < -0.3 is 0 Å². The number of nitrogens with zero attached hydrogens (tertiary/aromatic N) is 3. The van der Waals surface area contributed by atoms with Crippen molar-refractivity contribution in [3.8, 4) is 0 Å². The van der Waals surface area contributed by atoms with E-state index in [1.54, 1.807) is 0 Å². The van der Waals surface area contributed by atoms with Crippen LogP contribution in [-0.4, -0.2) is 73.4 Å². The van der Waals surface area contributed by atoms with Crippen molar-refractivity contribution < 1.29 is 28.9 Å². The molecule has 0 atom stereocenters. The van der Waals surface area contributed by atoms with Crippen LogP contribution in [0.2, 0.25) is 0 Å². The van der Waals surface area contributed by atoms with Crippen LogP contribution in [0.3, 0.4) is 0 Å². The van der Waals surface area contributed by atoms with Crippen LogP contribution in [-0.2, 0) is 28.9 Å². The van der Waals surface area contributed by atoms with E-state index in [1.165, 1.54) is 21.3 Å². The smallest absolute Gasteiger partial charge is 0.269 e. The molecule has 0 fully saturated rings. The highest BCUT2D eigenvalue weighted by Crippen LogP contribution is 2.13. The van der Waals surface area contributed by atoms with Crippen molar-refractivity contribution in [2.75, 3.05) is 34.4 Å². The van der Waals surface area contributed by atoms with Gasteiger partial charge in [-0.1, -0.05) is 19.7 Å². The Balaban J connectivity index is 5.21. The van der Waals surface area contributed by atoms with Crippen molar-refractivity contribution >= 4 is 17.7 Å². The van der Waals surface area contributed by atoms with Crippen LogP contribution in [0.25, 0.3) is 0 Å². The molecule has 0 aliphatic rings. The van der Waals surface area contributed by atoms with Gasteiger partial charge in [0.2, 0.25) is 0 Å². The van der Waals surface area contributed by atoms with Gasteiger partial charge in [-0.2, -0.15) is 0 Å². The molecule has 146 valence electrons. The van der Waals surface area contributed by atoms with Gasteiger partial charge in [0, 0.05) is 0 Å². The Kier molecular flexibility index (Phi) is 11.6. The number of amides is 3. The Morgan fingerprint density at radius 1 is 0.769 bits per heavy atom. The summed E-state index contributed by atoms with van der Waals surface area (Å²) < 4.78 is 0. The highest BCUT2D eigenvalue weighted by atomic mass is 16.7. The van der Waals surface area contributed by atoms with E-state index in [2.05, 4.69) is 19.7 Å². The molecule has 0 spiro atoms. The number of carbonyl (C=O) groups is 3. The van der Waals surface area contributed by atoms with Gasteiger partial charge in [-0.15, -0.1) is 0 Å². The minimum absolute atomic E-state index is 0.179. The summed E-state index contributed by atoms with van der Waals surface area (Å²) in [5, 5.41) is 3.34. The van der Waals surface area contributed by atoms with Crippen LogP contribution >= 0.6 is 0 Å². The van der Waals surface area contributed by atoms with Gasteiger partial charge in [0.15, 0.2) is 0 Å². The van der Waals surface area contributed by atoms with Crippen LogP contribution < -0.4 is 0 Å². The topological polar surface area (TPSA) is 88.6 Å². The Bertz CT molecular complexity index is 491. The molecule has 0 unspecified atom stereocenters. The van der Waals surface area contributed by atoms with Crippen molar-refractivity contribution in [3.63, 3.8) is 0 Å². The Morgan fingerprint density at radius 2 is 1.15 bits per heavy atom. The molecular formula is C17H27N3O6. The molecule has 0 aliphatic heterocycles. The lowest BCUT2D eigenvalue weighted by Gasteiger charge is -2.31. The van der Waals surface area contributed by atoms with Gasteiger partial charge in [-0.05, 0) is 31.1 Å². The highest BCUT2D eigenvalue weighted by Gasteiger charge is 2.25. The van der Waals surface area contributed by atoms with Gasteiger partial charge >= 0.3 is 0 Å². The fraction of sp³-hybridized carbons (Fsp3) is 0.471. The van der Waals surface area contributed by atoms with Crippen LogP contribution in [0.1, 0.15) is 12.8 Å². The van der Waals surface area contributed by atoms with E-state index in [9.17, 15) is 14.4 Å². The first-order valence-electron chi connectivity index (χ1n) is 7.85. The zero-order valence-electron chi connectivity index (χ0n) is 15.6. The fourth-order valence-corrected chi connectivity index (χ4v) is 2.21. The lowest BCUT2D eigenvalue weighted by Crippen LogP contribution is -2.43. The van der Waals surface area contributed by atoms with E-state index in [4.69, 9.17) is 14.5 Å². The van der Waals surface area contributed by atoms with Crippen LogP contribution in [0.15, 0.2) is 38.0 Å². The maximum Gasteiger partial charge on any atom is 0.269 e. The summed E-state index contributed by atoms with van der Waals surface area (Å²) in [6.07, 6.45) is 4.00. The lowest BCUT2D eigenvalue weighted by atomic mass is 10.1. The summed E-state index contributed by atoms with van der Waals surface area (Å²) in [6, 6.07) is -0.476. The summed E-state index contributed by atoms with van der Waals surface area (Å²) in [4.78, 5) is 50.6. The van der Waals surface area contributed by atoms with E-state index >= 15 is 0 Å². The molecule has 0 aliphatic carbocycles. The third-order valence-corrected chi connectivity index (χ3v) is 3.53. The third-order valence-electron chi connectivity index (χ3n) is 3.53. The maximum absolute atomic E-state index is 12.0. The molecular weight excluding hydrogens is 342 g/mol. The average Bonchev–Trinajstić information content (AvgIpc) is 2.67. The Morgan fingerprint density at radius 3 is 1.42 bits per heavy atom. The second-order valence-electron chi connectivity index (χ2n) is 4.94. The summed E-state index contributed by atoms with van der Waals surface area (Å²) in [5.74, 6) is -1.27. The van der Waals surface area contributed by atoms with Gasteiger partial charge in [-0.3, -0.25) is 28.9 Å². The SMILES string of the molecule is C=CC(=O)N(CCC(CCN(OC)C(=O)C=C)N(OC)C(=O)C=C)OC. The molecule has 0 N–H and O–H groups in total. The second kappa shape index (κ2) is 12.8. The highest BCUT2D eigenvalue weighted by molar-refractivity contribution is 5.87. The molecule has 9 nitrogen and oxygen atoms in total. The molecule has 0 rings (SSSR count). The summed E-state index contributed by atoms with van der Waals surface area (Å²) in [7, 11) is 4.06. The monoisotopic (exact) mass is 369 g/mol. The summed E-state index contributed by atoms with van der Waals surface area (Å²) in [6.45, 7) is 10.6. The first-order chi connectivity index (χ1) is 12.4.